The summed E-state index contributed by atoms with van der Waals surface area (Å²) in [7, 11) is 0. The monoisotopic (exact) mass is 283 g/mol. The highest BCUT2D eigenvalue weighted by Crippen LogP contribution is 2.25. The Kier molecular flexibility index (Phi) is 3.11. The van der Waals surface area contributed by atoms with Crippen LogP contribution in [0.3, 0.4) is 0 Å². The predicted octanol–water partition coefficient (Wildman–Crippen LogP) is 4.67. The number of nitrogens with one attached hydrogen (secondary N) is 1. The van der Waals surface area contributed by atoms with Gasteiger partial charge in [-0.2, -0.15) is 0 Å². The maximum Gasteiger partial charge on any atom is 0.195 e. The largest absolute Gasteiger partial charge is 0.360 e. The summed E-state index contributed by atoms with van der Waals surface area (Å²) < 4.78 is 0. The van der Waals surface area contributed by atoms with Crippen molar-refractivity contribution in [2.45, 2.75) is 13.8 Å². The Bertz CT molecular complexity index is 817. The first-order valence-electron chi connectivity index (χ1n) is 6.45. The lowest BCUT2D eigenvalue weighted by molar-refractivity contribution is 0.104. The number of carbonyl (C=O) groups is 1. The molecule has 0 fully saturated rings. The van der Waals surface area contributed by atoms with Gasteiger partial charge in [-0.3, -0.25) is 4.79 Å². The first-order valence-corrected chi connectivity index (χ1v) is 6.82. The highest BCUT2D eigenvalue weighted by atomic mass is 35.5. The molecule has 1 heterocycles. The molecular formula is C17H14ClNO. The van der Waals surface area contributed by atoms with E-state index in [1.807, 2.05) is 50.2 Å². The highest BCUT2D eigenvalue weighted by Gasteiger charge is 2.14. The van der Waals surface area contributed by atoms with Crippen molar-refractivity contribution in [3.63, 3.8) is 0 Å². The summed E-state index contributed by atoms with van der Waals surface area (Å²) in [5.74, 6) is 0.0154. The normalized spacial score (nSPS) is 10.9. The van der Waals surface area contributed by atoms with Gasteiger partial charge in [0.25, 0.3) is 0 Å². The molecule has 0 radical (unpaired) electrons. The van der Waals surface area contributed by atoms with Gasteiger partial charge < -0.3 is 4.98 Å². The highest BCUT2D eigenvalue weighted by molar-refractivity contribution is 6.31. The van der Waals surface area contributed by atoms with Gasteiger partial charge in [-0.1, -0.05) is 23.7 Å². The van der Waals surface area contributed by atoms with E-state index >= 15 is 0 Å². The molecule has 2 aromatic carbocycles. The van der Waals surface area contributed by atoms with Crippen LogP contribution in [0.25, 0.3) is 10.9 Å². The molecule has 2 nitrogen and oxygen atoms in total. The van der Waals surface area contributed by atoms with E-state index in [2.05, 4.69) is 4.98 Å². The lowest BCUT2D eigenvalue weighted by atomic mass is 9.99. The van der Waals surface area contributed by atoms with Crippen LogP contribution in [0, 0.1) is 13.8 Å². The number of halogens is 1. The molecular weight excluding hydrogens is 270 g/mol. The molecule has 20 heavy (non-hydrogen) atoms. The van der Waals surface area contributed by atoms with E-state index < -0.39 is 0 Å². The van der Waals surface area contributed by atoms with E-state index in [0.717, 1.165) is 16.5 Å². The molecule has 100 valence electrons. The maximum atomic E-state index is 12.6. The first kappa shape index (κ1) is 12.9. The molecule has 0 amide bonds. The van der Waals surface area contributed by atoms with Crippen molar-refractivity contribution in [3.8, 4) is 0 Å². The zero-order valence-electron chi connectivity index (χ0n) is 11.3. The molecule has 1 aromatic heterocycles. The molecule has 0 atom stereocenters. The molecule has 0 aliphatic heterocycles. The summed E-state index contributed by atoms with van der Waals surface area (Å²) in [6.45, 7) is 4.05. The van der Waals surface area contributed by atoms with Crippen molar-refractivity contribution < 1.29 is 4.79 Å². The average Bonchev–Trinajstić information content (AvgIpc) is 2.84. The van der Waals surface area contributed by atoms with Gasteiger partial charge in [0.15, 0.2) is 5.78 Å². The number of aryl methyl sites for hydroxylation is 2. The molecule has 0 aliphatic rings. The minimum absolute atomic E-state index is 0.0154. The van der Waals surface area contributed by atoms with Crippen LogP contribution in [-0.4, -0.2) is 10.8 Å². The molecule has 3 rings (SSSR count). The number of carbonyl (C=O) groups excluding carboxylic acids is 1. The maximum absolute atomic E-state index is 12.6. The molecule has 0 saturated carbocycles. The van der Waals surface area contributed by atoms with Gasteiger partial charge >= 0.3 is 0 Å². The average molecular weight is 284 g/mol. The van der Waals surface area contributed by atoms with Gasteiger partial charge in [0, 0.05) is 33.2 Å². The summed E-state index contributed by atoms with van der Waals surface area (Å²) in [4.78, 5) is 15.7. The summed E-state index contributed by atoms with van der Waals surface area (Å²) in [5, 5.41) is 1.49. The third-order valence-electron chi connectivity index (χ3n) is 3.66. The van der Waals surface area contributed by atoms with E-state index in [4.69, 9.17) is 11.6 Å². The summed E-state index contributed by atoms with van der Waals surface area (Å²) >= 11 is 6.02. The third-order valence-corrected chi connectivity index (χ3v) is 3.89. The number of H-pyrrole nitrogens is 1. The lowest BCUT2D eigenvalue weighted by Crippen LogP contribution is -2.01. The van der Waals surface area contributed by atoms with Crippen molar-refractivity contribution in [3.05, 3.63) is 69.9 Å². The van der Waals surface area contributed by atoms with Crippen LogP contribution in [-0.2, 0) is 0 Å². The molecule has 0 aliphatic carbocycles. The van der Waals surface area contributed by atoms with E-state index in [1.54, 1.807) is 6.20 Å². The van der Waals surface area contributed by atoms with Crippen LogP contribution in [0.15, 0.2) is 42.6 Å². The lowest BCUT2D eigenvalue weighted by Gasteiger charge is -2.04. The number of ketones is 1. The third kappa shape index (κ3) is 2.12. The summed E-state index contributed by atoms with van der Waals surface area (Å²) in [6, 6.07) is 11.3. The van der Waals surface area contributed by atoms with Crippen molar-refractivity contribution in [2.75, 3.05) is 0 Å². The Morgan fingerprint density at radius 3 is 2.60 bits per heavy atom. The van der Waals surface area contributed by atoms with E-state index in [1.165, 1.54) is 5.56 Å². The summed E-state index contributed by atoms with van der Waals surface area (Å²) in [6.07, 6.45) is 1.75. The van der Waals surface area contributed by atoms with Crippen molar-refractivity contribution >= 4 is 28.3 Å². The number of aromatic amines is 1. The minimum atomic E-state index is 0.0154. The number of hydrogen-bond acceptors (Lipinski definition) is 1. The van der Waals surface area contributed by atoms with Crippen LogP contribution in [0.4, 0.5) is 0 Å². The Balaban J connectivity index is 2.12. The van der Waals surface area contributed by atoms with E-state index in [9.17, 15) is 4.79 Å². The molecule has 3 aromatic rings. The smallest absolute Gasteiger partial charge is 0.195 e. The molecule has 0 saturated heterocycles. The first-order chi connectivity index (χ1) is 9.56. The van der Waals surface area contributed by atoms with Crippen LogP contribution in [0.2, 0.25) is 5.02 Å². The second-order valence-electron chi connectivity index (χ2n) is 5.02. The zero-order chi connectivity index (χ0) is 14.3. The number of rotatable bonds is 2. The van der Waals surface area contributed by atoms with E-state index in [0.29, 0.717) is 16.1 Å². The fourth-order valence-corrected chi connectivity index (χ4v) is 2.49. The van der Waals surface area contributed by atoms with Crippen molar-refractivity contribution in [2.24, 2.45) is 0 Å². The van der Waals surface area contributed by atoms with E-state index in [-0.39, 0.29) is 5.78 Å². The van der Waals surface area contributed by atoms with Crippen molar-refractivity contribution in [1.29, 1.82) is 0 Å². The molecule has 1 N–H and O–H groups in total. The Hall–Kier alpha value is -2.06. The Morgan fingerprint density at radius 1 is 1.05 bits per heavy atom. The topological polar surface area (TPSA) is 32.9 Å². The fourth-order valence-electron chi connectivity index (χ4n) is 2.32. The predicted molar refractivity (Wildman–Crippen MR) is 82.7 cm³/mol. The Labute approximate surface area is 122 Å². The standard InChI is InChI=1S/C17H14ClNO/c1-10-3-4-12(7-11(10)2)17(20)15-9-19-16-6-5-13(18)8-14(15)16/h3-9,19H,1-2H3. The van der Waals surface area contributed by atoms with Crippen LogP contribution >= 0.6 is 11.6 Å². The fraction of sp³-hybridized carbons (Fsp3) is 0.118. The van der Waals surface area contributed by atoms with Crippen molar-refractivity contribution in [1.82, 2.24) is 4.98 Å². The number of aromatic nitrogens is 1. The quantitative estimate of drug-likeness (QED) is 0.681. The van der Waals surface area contributed by atoms with Gasteiger partial charge in [0.2, 0.25) is 0 Å². The van der Waals surface area contributed by atoms with Gasteiger partial charge in [0.05, 0.1) is 0 Å². The molecule has 3 heteroatoms. The van der Waals surface area contributed by atoms with Crippen LogP contribution < -0.4 is 0 Å². The second-order valence-corrected chi connectivity index (χ2v) is 5.46. The van der Waals surface area contributed by atoms with Crippen LogP contribution in [0.1, 0.15) is 27.0 Å². The zero-order valence-corrected chi connectivity index (χ0v) is 12.1. The van der Waals surface area contributed by atoms with Gasteiger partial charge in [-0.15, -0.1) is 0 Å². The molecule has 0 bridgehead atoms. The molecule has 0 spiro atoms. The van der Waals surface area contributed by atoms with Crippen LogP contribution in [0.5, 0.6) is 0 Å². The second kappa shape index (κ2) is 4.80. The summed E-state index contributed by atoms with van der Waals surface area (Å²) in [5.41, 5.74) is 4.58. The van der Waals surface area contributed by atoms with Gasteiger partial charge in [-0.25, -0.2) is 0 Å². The Morgan fingerprint density at radius 2 is 1.85 bits per heavy atom. The van der Waals surface area contributed by atoms with Gasteiger partial charge in [-0.05, 0) is 49.2 Å². The minimum Gasteiger partial charge on any atom is -0.360 e. The number of fused-ring (bicyclic) bond motifs is 1. The number of hydrogen-bond donors (Lipinski definition) is 1. The number of benzene rings is 2. The molecule has 0 unspecified atom stereocenters. The SMILES string of the molecule is Cc1ccc(C(=O)c2c[nH]c3ccc(Cl)cc23)cc1C. The van der Waals surface area contributed by atoms with Gasteiger partial charge in [0.1, 0.15) is 0 Å².